The maximum Gasteiger partial charge on any atom is 0.265 e. The fourth-order valence-electron chi connectivity index (χ4n) is 3.45. The zero-order valence-corrected chi connectivity index (χ0v) is 18.4. The molecule has 32 heavy (non-hydrogen) atoms. The van der Waals surface area contributed by atoms with E-state index in [4.69, 9.17) is 21.1 Å². The predicted octanol–water partition coefficient (Wildman–Crippen LogP) is 4.85. The first-order valence-electron chi connectivity index (χ1n) is 10.4. The molecule has 1 heterocycles. The van der Waals surface area contributed by atoms with Crippen LogP contribution in [0.5, 0.6) is 11.5 Å². The highest BCUT2D eigenvalue weighted by Crippen LogP contribution is 2.36. The molecule has 0 unspecified atom stereocenters. The summed E-state index contributed by atoms with van der Waals surface area (Å²) in [7, 11) is 0. The Hall–Kier alpha value is -3.51. The molecule has 3 aromatic rings. The number of nitrogens with one attached hydrogen (secondary N) is 1. The van der Waals surface area contributed by atoms with Gasteiger partial charge in [-0.25, -0.2) is 0 Å². The van der Waals surface area contributed by atoms with Crippen LogP contribution in [-0.4, -0.2) is 25.0 Å². The number of anilines is 2. The van der Waals surface area contributed by atoms with Gasteiger partial charge in [-0.3, -0.25) is 9.59 Å². The molecule has 0 saturated heterocycles. The van der Waals surface area contributed by atoms with Crippen LogP contribution < -0.4 is 19.7 Å². The van der Waals surface area contributed by atoms with Crippen molar-refractivity contribution in [3.8, 4) is 11.5 Å². The summed E-state index contributed by atoms with van der Waals surface area (Å²) < 4.78 is 11.2. The van der Waals surface area contributed by atoms with Crippen LogP contribution in [0.15, 0.2) is 66.7 Å². The van der Waals surface area contributed by atoms with Gasteiger partial charge in [-0.2, -0.15) is 0 Å². The van der Waals surface area contributed by atoms with Gasteiger partial charge in [-0.15, -0.1) is 0 Å². The Morgan fingerprint density at radius 2 is 1.97 bits per heavy atom. The van der Waals surface area contributed by atoms with Crippen molar-refractivity contribution in [2.75, 3.05) is 23.4 Å². The third-order valence-corrected chi connectivity index (χ3v) is 5.52. The van der Waals surface area contributed by atoms with Crippen molar-refractivity contribution in [3.05, 3.63) is 82.9 Å². The number of carbonyl (C=O) groups excluding carboxylic acids is 2. The van der Waals surface area contributed by atoms with Crippen LogP contribution in [0.2, 0.25) is 5.02 Å². The smallest absolute Gasteiger partial charge is 0.265 e. The summed E-state index contributed by atoms with van der Waals surface area (Å²) in [6, 6.07) is 20.2. The Balaban J connectivity index is 1.47. The molecule has 0 fully saturated rings. The average molecular weight is 451 g/mol. The summed E-state index contributed by atoms with van der Waals surface area (Å²) in [4.78, 5) is 26.6. The predicted molar refractivity (Wildman–Crippen MR) is 125 cm³/mol. The van der Waals surface area contributed by atoms with Crippen LogP contribution >= 0.6 is 11.6 Å². The normalized spacial score (nSPS) is 12.7. The van der Waals surface area contributed by atoms with Gasteiger partial charge in [-0.05, 0) is 53.9 Å². The number of fused-ring (bicyclic) bond motifs is 1. The number of aryl methyl sites for hydroxylation is 1. The molecule has 1 aliphatic rings. The van der Waals surface area contributed by atoms with Crippen LogP contribution in [-0.2, 0) is 22.6 Å². The number of carbonyl (C=O) groups is 2. The molecule has 0 atom stereocenters. The molecule has 6 nitrogen and oxygen atoms in total. The highest BCUT2D eigenvalue weighted by atomic mass is 35.5. The van der Waals surface area contributed by atoms with Crippen molar-refractivity contribution >= 4 is 34.8 Å². The van der Waals surface area contributed by atoms with E-state index in [1.165, 1.54) is 0 Å². The van der Waals surface area contributed by atoms with Gasteiger partial charge in [0.2, 0.25) is 0 Å². The van der Waals surface area contributed by atoms with Crippen molar-refractivity contribution < 1.29 is 19.1 Å². The maximum atomic E-state index is 12.6. The van der Waals surface area contributed by atoms with Gasteiger partial charge < -0.3 is 19.7 Å². The lowest BCUT2D eigenvalue weighted by atomic mass is 10.1. The van der Waals surface area contributed by atoms with Gasteiger partial charge in [0.05, 0.1) is 12.2 Å². The van der Waals surface area contributed by atoms with Crippen LogP contribution in [0.25, 0.3) is 0 Å². The third kappa shape index (κ3) is 5.03. The summed E-state index contributed by atoms with van der Waals surface area (Å²) in [5, 5.41) is 3.40. The van der Waals surface area contributed by atoms with Crippen molar-refractivity contribution in [1.29, 1.82) is 0 Å². The van der Waals surface area contributed by atoms with Gasteiger partial charge >= 0.3 is 0 Å². The van der Waals surface area contributed by atoms with E-state index in [0.717, 1.165) is 17.5 Å². The van der Waals surface area contributed by atoms with E-state index in [1.807, 2.05) is 42.5 Å². The fraction of sp³-hybridized carbons (Fsp3) is 0.200. The second-order valence-corrected chi connectivity index (χ2v) is 7.79. The van der Waals surface area contributed by atoms with Crippen LogP contribution in [0, 0.1) is 0 Å². The van der Waals surface area contributed by atoms with E-state index in [-0.39, 0.29) is 25.0 Å². The standard InChI is InChI=1S/C25H23ClN2O4/c1-2-17-6-5-8-20(12-17)31-15-24(29)27-19-10-11-23-22(13-19)28(25(30)16-32-23)14-18-7-3-4-9-21(18)26/h3-13H,2,14-16H2,1H3,(H,27,29). The minimum absolute atomic E-state index is 0.0478. The largest absolute Gasteiger partial charge is 0.484 e. The first-order valence-corrected chi connectivity index (χ1v) is 10.7. The number of nitrogens with zero attached hydrogens (tertiary/aromatic N) is 1. The molecule has 0 aromatic heterocycles. The molecule has 0 bridgehead atoms. The number of hydrogen-bond acceptors (Lipinski definition) is 4. The Morgan fingerprint density at radius 3 is 2.78 bits per heavy atom. The number of hydrogen-bond donors (Lipinski definition) is 1. The first-order chi connectivity index (χ1) is 15.5. The zero-order chi connectivity index (χ0) is 22.5. The van der Waals surface area contributed by atoms with E-state index < -0.39 is 0 Å². The molecule has 1 aliphatic heterocycles. The molecular formula is C25H23ClN2O4. The Labute approximate surface area is 191 Å². The molecule has 0 radical (unpaired) electrons. The van der Waals surface area contributed by atoms with Crippen LogP contribution in [0.1, 0.15) is 18.1 Å². The van der Waals surface area contributed by atoms with Crippen molar-refractivity contribution in [1.82, 2.24) is 0 Å². The molecule has 0 saturated carbocycles. The Bertz CT molecular complexity index is 1150. The second-order valence-electron chi connectivity index (χ2n) is 7.38. The molecule has 164 valence electrons. The summed E-state index contributed by atoms with van der Waals surface area (Å²) >= 11 is 6.28. The van der Waals surface area contributed by atoms with E-state index in [2.05, 4.69) is 12.2 Å². The lowest BCUT2D eigenvalue weighted by Crippen LogP contribution is -2.38. The lowest BCUT2D eigenvalue weighted by molar-refractivity contribution is -0.121. The molecular weight excluding hydrogens is 428 g/mol. The van der Waals surface area contributed by atoms with Gasteiger partial charge in [0.25, 0.3) is 11.8 Å². The third-order valence-electron chi connectivity index (χ3n) is 5.15. The number of ether oxygens (including phenoxy) is 2. The van der Waals surface area contributed by atoms with Gasteiger partial charge in [-0.1, -0.05) is 48.9 Å². The fourth-order valence-corrected chi connectivity index (χ4v) is 3.65. The van der Waals surface area contributed by atoms with E-state index in [0.29, 0.717) is 34.4 Å². The van der Waals surface area contributed by atoms with Crippen molar-refractivity contribution in [2.45, 2.75) is 19.9 Å². The minimum atomic E-state index is -0.299. The zero-order valence-electron chi connectivity index (χ0n) is 17.6. The quantitative estimate of drug-likeness (QED) is 0.559. The van der Waals surface area contributed by atoms with Crippen LogP contribution in [0.3, 0.4) is 0 Å². The van der Waals surface area contributed by atoms with Crippen molar-refractivity contribution in [3.63, 3.8) is 0 Å². The molecule has 0 aliphatic carbocycles. The lowest BCUT2D eigenvalue weighted by Gasteiger charge is -2.30. The maximum absolute atomic E-state index is 12.6. The van der Waals surface area contributed by atoms with Gasteiger partial charge in [0.1, 0.15) is 11.5 Å². The number of amides is 2. The highest BCUT2D eigenvalue weighted by molar-refractivity contribution is 6.31. The summed E-state index contributed by atoms with van der Waals surface area (Å²) in [5.41, 5.74) is 3.09. The first kappa shape index (κ1) is 21.7. The van der Waals surface area contributed by atoms with Crippen molar-refractivity contribution in [2.24, 2.45) is 0 Å². The highest BCUT2D eigenvalue weighted by Gasteiger charge is 2.26. The van der Waals surface area contributed by atoms with E-state index in [9.17, 15) is 9.59 Å². The number of rotatable bonds is 7. The molecule has 3 aromatic carbocycles. The molecule has 0 spiro atoms. The topological polar surface area (TPSA) is 67.9 Å². The van der Waals surface area contributed by atoms with Crippen LogP contribution in [0.4, 0.5) is 11.4 Å². The summed E-state index contributed by atoms with van der Waals surface area (Å²) in [6.07, 6.45) is 0.893. The summed E-state index contributed by atoms with van der Waals surface area (Å²) in [6.45, 7) is 2.20. The molecule has 7 heteroatoms. The number of halogens is 1. The number of benzene rings is 3. The average Bonchev–Trinajstić information content (AvgIpc) is 2.81. The molecule has 2 amide bonds. The summed E-state index contributed by atoms with van der Waals surface area (Å²) in [5.74, 6) is 0.740. The SMILES string of the molecule is CCc1cccc(OCC(=O)Nc2ccc3c(c2)N(Cc2ccccc2Cl)C(=O)CO3)c1. The van der Waals surface area contributed by atoms with Gasteiger partial charge in [0.15, 0.2) is 13.2 Å². The molecule has 4 rings (SSSR count). The van der Waals surface area contributed by atoms with E-state index in [1.54, 1.807) is 29.2 Å². The minimum Gasteiger partial charge on any atom is -0.484 e. The van der Waals surface area contributed by atoms with Gasteiger partial charge in [0, 0.05) is 10.7 Å². The Kier molecular flexibility index (Phi) is 6.61. The van der Waals surface area contributed by atoms with E-state index >= 15 is 0 Å². The Morgan fingerprint density at radius 1 is 1.12 bits per heavy atom. The monoisotopic (exact) mass is 450 g/mol. The second kappa shape index (κ2) is 9.75. The molecule has 1 N–H and O–H groups in total.